The average Bonchev–Trinajstić information content (AvgIpc) is 2.79. The number of halogens is 1. The predicted octanol–water partition coefficient (Wildman–Crippen LogP) is 5.57. The summed E-state index contributed by atoms with van der Waals surface area (Å²) in [6.45, 7) is 7.00. The van der Waals surface area contributed by atoms with Gasteiger partial charge in [-0.05, 0) is 54.3 Å². The zero-order valence-electron chi connectivity index (χ0n) is 18.2. The molecule has 0 amide bonds. The van der Waals surface area contributed by atoms with Crippen LogP contribution in [0.25, 0.3) is 5.70 Å². The Balaban J connectivity index is 1.99. The number of hydrogen-bond donors (Lipinski definition) is 1. The number of amidine groups is 1. The molecule has 0 aliphatic carbocycles. The van der Waals surface area contributed by atoms with Gasteiger partial charge in [0.15, 0.2) is 0 Å². The normalized spacial score (nSPS) is 11.2. The minimum atomic E-state index is -0.865. The predicted molar refractivity (Wildman–Crippen MR) is 127 cm³/mol. The van der Waals surface area contributed by atoms with Crippen LogP contribution in [0.2, 0.25) is 0 Å². The van der Waals surface area contributed by atoms with Gasteiger partial charge in [-0.2, -0.15) is 0 Å². The van der Waals surface area contributed by atoms with Crippen LogP contribution in [-0.4, -0.2) is 34.9 Å². The summed E-state index contributed by atoms with van der Waals surface area (Å²) in [5, 5.41) is 9.32. The largest absolute Gasteiger partial charge is 0.481 e. The number of nitrogens with zero attached hydrogens (tertiary/aromatic N) is 2. The van der Waals surface area contributed by atoms with Crippen LogP contribution in [0.5, 0.6) is 0 Å². The summed E-state index contributed by atoms with van der Waals surface area (Å²) in [7, 11) is 0. The lowest BCUT2D eigenvalue weighted by Crippen LogP contribution is -2.36. The van der Waals surface area contributed by atoms with E-state index in [4.69, 9.17) is 4.99 Å². The molecule has 3 aromatic rings. The van der Waals surface area contributed by atoms with Crippen LogP contribution < -0.4 is 0 Å². The zero-order valence-corrected chi connectivity index (χ0v) is 18.2. The Morgan fingerprint density at radius 3 is 2.28 bits per heavy atom. The fourth-order valence-electron chi connectivity index (χ4n) is 3.42. The van der Waals surface area contributed by atoms with Gasteiger partial charge in [0.25, 0.3) is 0 Å². The van der Waals surface area contributed by atoms with Crippen molar-refractivity contribution in [3.05, 3.63) is 114 Å². The first-order valence-corrected chi connectivity index (χ1v) is 10.5. The minimum Gasteiger partial charge on any atom is -0.481 e. The first-order valence-electron chi connectivity index (χ1n) is 10.5. The Morgan fingerprint density at radius 1 is 0.969 bits per heavy atom. The quantitative estimate of drug-likeness (QED) is 0.357. The molecule has 3 rings (SSSR count). The summed E-state index contributed by atoms with van der Waals surface area (Å²) in [4.78, 5) is 18.2. The number of aliphatic imine (C=N–C) groups is 1. The molecule has 4 nitrogen and oxygen atoms in total. The molecule has 0 saturated heterocycles. The molecule has 0 aliphatic heterocycles. The third kappa shape index (κ3) is 6.38. The van der Waals surface area contributed by atoms with Crippen molar-refractivity contribution in [3.63, 3.8) is 0 Å². The molecule has 5 heteroatoms. The highest BCUT2D eigenvalue weighted by Crippen LogP contribution is 2.20. The fourth-order valence-corrected chi connectivity index (χ4v) is 3.42. The Bertz CT molecular complexity index is 1090. The number of benzene rings is 3. The van der Waals surface area contributed by atoms with E-state index >= 15 is 0 Å². The molecule has 0 spiro atoms. The van der Waals surface area contributed by atoms with Gasteiger partial charge in [-0.3, -0.25) is 4.79 Å². The smallest absolute Gasteiger partial charge is 0.305 e. The van der Waals surface area contributed by atoms with Gasteiger partial charge in [0.2, 0.25) is 0 Å². The van der Waals surface area contributed by atoms with Crippen LogP contribution in [0.4, 0.5) is 4.39 Å². The van der Waals surface area contributed by atoms with Crippen LogP contribution in [0, 0.1) is 12.7 Å². The summed E-state index contributed by atoms with van der Waals surface area (Å²) in [5.74, 6) is -0.526. The second kappa shape index (κ2) is 11.0. The summed E-state index contributed by atoms with van der Waals surface area (Å²) in [6, 6.07) is 24.0. The van der Waals surface area contributed by atoms with Gasteiger partial charge >= 0.3 is 5.97 Å². The van der Waals surface area contributed by atoms with Crippen molar-refractivity contribution < 1.29 is 14.3 Å². The zero-order chi connectivity index (χ0) is 22.9. The van der Waals surface area contributed by atoms with Crippen molar-refractivity contribution >= 4 is 17.5 Å². The number of carbonyl (C=O) groups is 1. The molecular weight excluding hydrogens is 403 g/mol. The van der Waals surface area contributed by atoms with Crippen LogP contribution in [0.15, 0.2) is 90.4 Å². The molecule has 1 N–H and O–H groups in total. The van der Waals surface area contributed by atoms with Gasteiger partial charge < -0.3 is 10.0 Å². The first-order chi connectivity index (χ1) is 15.4. The number of aliphatic carboxylic acids is 1. The highest BCUT2D eigenvalue weighted by molar-refractivity contribution is 6.02. The Labute approximate surface area is 188 Å². The number of rotatable bonds is 9. The van der Waals surface area contributed by atoms with Gasteiger partial charge in [-0.1, -0.05) is 61.2 Å². The summed E-state index contributed by atoms with van der Waals surface area (Å²) in [6.07, 6.45) is 0.733. The third-order valence-corrected chi connectivity index (χ3v) is 5.21. The lowest BCUT2D eigenvalue weighted by atomic mass is 10.1. The highest BCUT2D eigenvalue weighted by Gasteiger charge is 2.18. The SMILES string of the molecule is C=C(N=C(c1ccccc1C)N(CCC(=O)O)CCc1ccccc1)c1ccc(F)cc1. The molecule has 0 aliphatic rings. The maximum Gasteiger partial charge on any atom is 0.305 e. The molecular formula is C27H27FN2O2. The molecule has 0 radical (unpaired) electrons. The molecule has 0 unspecified atom stereocenters. The molecule has 0 atom stereocenters. The monoisotopic (exact) mass is 430 g/mol. The topological polar surface area (TPSA) is 52.9 Å². The van der Waals surface area contributed by atoms with E-state index < -0.39 is 5.97 Å². The molecule has 0 bridgehead atoms. The van der Waals surface area contributed by atoms with Crippen molar-refractivity contribution in [2.24, 2.45) is 4.99 Å². The van der Waals surface area contributed by atoms with E-state index in [1.165, 1.54) is 12.1 Å². The number of carboxylic acids is 1. The molecule has 0 heterocycles. The van der Waals surface area contributed by atoms with Gasteiger partial charge in [-0.25, -0.2) is 9.38 Å². The second-order valence-electron chi connectivity index (χ2n) is 7.57. The van der Waals surface area contributed by atoms with Gasteiger partial charge in [-0.15, -0.1) is 0 Å². The van der Waals surface area contributed by atoms with Gasteiger partial charge in [0.05, 0.1) is 12.1 Å². The van der Waals surface area contributed by atoms with Gasteiger partial charge in [0.1, 0.15) is 11.7 Å². The molecule has 0 aromatic heterocycles. The van der Waals surface area contributed by atoms with Crippen molar-refractivity contribution in [1.82, 2.24) is 4.90 Å². The van der Waals surface area contributed by atoms with Crippen LogP contribution >= 0.6 is 0 Å². The standard InChI is InChI=1S/C27H27FN2O2/c1-20-8-6-7-11-25(20)27(29-21(2)23-12-14-24(28)15-13-23)30(19-17-26(31)32)18-16-22-9-4-3-5-10-22/h3-15H,2,16-19H2,1H3,(H,31,32). The Hall–Kier alpha value is -3.73. The maximum absolute atomic E-state index is 13.4. The highest BCUT2D eigenvalue weighted by atomic mass is 19.1. The van der Waals surface area contributed by atoms with E-state index in [0.29, 0.717) is 30.2 Å². The lowest BCUT2D eigenvalue weighted by Gasteiger charge is -2.27. The van der Waals surface area contributed by atoms with Crippen molar-refractivity contribution in [3.8, 4) is 0 Å². The van der Waals surface area contributed by atoms with E-state index in [9.17, 15) is 14.3 Å². The van der Waals surface area contributed by atoms with E-state index in [-0.39, 0.29) is 12.2 Å². The molecule has 0 saturated carbocycles. The van der Waals surface area contributed by atoms with E-state index in [1.54, 1.807) is 12.1 Å². The Kier molecular flexibility index (Phi) is 7.92. The van der Waals surface area contributed by atoms with Crippen LogP contribution in [0.1, 0.15) is 28.7 Å². The van der Waals surface area contributed by atoms with E-state index in [2.05, 4.69) is 18.7 Å². The first kappa shape index (κ1) is 22.9. The van der Waals surface area contributed by atoms with E-state index in [0.717, 1.165) is 23.1 Å². The van der Waals surface area contributed by atoms with Crippen LogP contribution in [-0.2, 0) is 11.2 Å². The second-order valence-corrected chi connectivity index (χ2v) is 7.57. The Morgan fingerprint density at radius 2 is 1.62 bits per heavy atom. The lowest BCUT2D eigenvalue weighted by molar-refractivity contribution is -0.137. The molecule has 164 valence electrons. The summed E-state index contributed by atoms with van der Waals surface area (Å²) >= 11 is 0. The summed E-state index contributed by atoms with van der Waals surface area (Å²) < 4.78 is 13.4. The van der Waals surface area contributed by atoms with Crippen molar-refractivity contribution in [2.75, 3.05) is 13.1 Å². The van der Waals surface area contributed by atoms with Crippen LogP contribution in [0.3, 0.4) is 0 Å². The number of carboxylic acid groups (broad SMARTS) is 1. The van der Waals surface area contributed by atoms with Crippen molar-refractivity contribution in [1.29, 1.82) is 0 Å². The van der Waals surface area contributed by atoms with Gasteiger partial charge in [0, 0.05) is 18.7 Å². The molecule has 32 heavy (non-hydrogen) atoms. The minimum absolute atomic E-state index is 0.0112. The van der Waals surface area contributed by atoms with E-state index in [1.807, 2.05) is 54.3 Å². The van der Waals surface area contributed by atoms with Crippen molar-refractivity contribution in [2.45, 2.75) is 19.8 Å². The third-order valence-electron chi connectivity index (χ3n) is 5.21. The number of hydrogen-bond acceptors (Lipinski definition) is 2. The number of aryl methyl sites for hydroxylation is 1. The summed E-state index contributed by atoms with van der Waals surface area (Å²) in [5.41, 5.74) is 4.30. The molecule has 0 fully saturated rings. The maximum atomic E-state index is 13.4. The fraction of sp³-hybridized carbons (Fsp3) is 0.185. The average molecular weight is 431 g/mol. The molecule has 3 aromatic carbocycles.